The Morgan fingerprint density at radius 2 is 1.85 bits per heavy atom. The molecule has 13 heavy (non-hydrogen) atoms. The summed E-state index contributed by atoms with van der Waals surface area (Å²) in [5, 5.41) is 0. The molecule has 0 aromatic rings. The Hall–Kier alpha value is 0.234. The lowest BCUT2D eigenvalue weighted by molar-refractivity contribution is 0.173. The van der Waals surface area contributed by atoms with Crippen LogP contribution in [0.4, 0.5) is 0 Å². The van der Waals surface area contributed by atoms with Gasteiger partial charge in [0.2, 0.25) is 0 Å². The van der Waals surface area contributed by atoms with Crippen LogP contribution < -0.4 is 5.73 Å². The number of rotatable bonds is 6. The maximum Gasteiger partial charge on any atom is 0.489 e. The van der Waals surface area contributed by atoms with E-state index in [-0.39, 0.29) is 0 Å². The molecule has 80 valence electrons. The van der Waals surface area contributed by atoms with E-state index in [4.69, 9.17) is 14.3 Å². The quantitative estimate of drug-likeness (QED) is 0.537. The van der Waals surface area contributed by atoms with E-state index in [2.05, 4.69) is 0 Å². The standard InChI is InChI=1S/C6H19NO4Si2/c1-10-13(9,6-4-5-7)11-12(2,3)8/h8-9H,4-7H2,1-3H3. The molecular formula is C6H19NO4Si2. The lowest BCUT2D eigenvalue weighted by atomic mass is 10.5. The molecule has 0 aromatic heterocycles. The molecule has 7 heteroatoms. The second-order valence-corrected chi connectivity index (χ2v) is 9.40. The topological polar surface area (TPSA) is 84.9 Å². The third-order valence-electron chi connectivity index (χ3n) is 1.43. The first-order chi connectivity index (χ1) is 5.83. The smallest absolute Gasteiger partial charge is 0.411 e. The molecule has 0 spiro atoms. The van der Waals surface area contributed by atoms with Crippen molar-refractivity contribution in [3.63, 3.8) is 0 Å². The molecule has 0 amide bonds. The average molecular weight is 225 g/mol. The van der Waals surface area contributed by atoms with Gasteiger partial charge < -0.3 is 23.9 Å². The van der Waals surface area contributed by atoms with Crippen molar-refractivity contribution in [3.05, 3.63) is 0 Å². The molecule has 0 fully saturated rings. The lowest BCUT2D eigenvalue weighted by Crippen LogP contribution is -2.51. The van der Waals surface area contributed by atoms with Gasteiger partial charge in [0, 0.05) is 13.2 Å². The molecule has 0 saturated carbocycles. The molecule has 0 aliphatic heterocycles. The highest BCUT2D eigenvalue weighted by molar-refractivity contribution is 6.75. The molecule has 0 aromatic carbocycles. The van der Waals surface area contributed by atoms with Crippen LogP contribution >= 0.6 is 0 Å². The van der Waals surface area contributed by atoms with Crippen molar-refractivity contribution in [2.75, 3.05) is 13.7 Å². The molecule has 1 unspecified atom stereocenters. The number of hydrogen-bond acceptors (Lipinski definition) is 5. The van der Waals surface area contributed by atoms with Crippen LogP contribution in [-0.4, -0.2) is 40.6 Å². The summed E-state index contributed by atoms with van der Waals surface area (Å²) in [6.45, 7) is 3.66. The summed E-state index contributed by atoms with van der Waals surface area (Å²) in [6.07, 6.45) is 0.640. The van der Waals surface area contributed by atoms with Crippen molar-refractivity contribution in [2.24, 2.45) is 5.73 Å². The van der Waals surface area contributed by atoms with Gasteiger partial charge in [-0.25, -0.2) is 0 Å². The van der Waals surface area contributed by atoms with E-state index >= 15 is 0 Å². The highest BCUT2D eigenvalue weighted by atomic mass is 28.5. The van der Waals surface area contributed by atoms with Crippen LogP contribution in [0.3, 0.4) is 0 Å². The second kappa shape index (κ2) is 5.20. The van der Waals surface area contributed by atoms with Crippen LogP contribution in [-0.2, 0) is 8.54 Å². The Balaban J connectivity index is 4.11. The first-order valence-corrected chi connectivity index (χ1v) is 9.06. The van der Waals surface area contributed by atoms with E-state index in [0.717, 1.165) is 0 Å². The molecule has 0 radical (unpaired) electrons. The van der Waals surface area contributed by atoms with E-state index in [1.54, 1.807) is 13.1 Å². The van der Waals surface area contributed by atoms with E-state index < -0.39 is 17.4 Å². The van der Waals surface area contributed by atoms with Crippen LogP contribution in [0.2, 0.25) is 19.1 Å². The van der Waals surface area contributed by atoms with Crippen LogP contribution in [0.15, 0.2) is 0 Å². The molecule has 4 N–H and O–H groups in total. The van der Waals surface area contributed by atoms with Gasteiger partial charge >= 0.3 is 17.4 Å². The first-order valence-electron chi connectivity index (χ1n) is 4.23. The summed E-state index contributed by atoms with van der Waals surface area (Å²) in [6, 6.07) is 0.400. The molecule has 0 aliphatic rings. The van der Waals surface area contributed by atoms with Gasteiger partial charge in [0.1, 0.15) is 0 Å². The van der Waals surface area contributed by atoms with Gasteiger partial charge in [-0.15, -0.1) is 0 Å². The molecule has 0 saturated heterocycles. The minimum absolute atomic E-state index is 0.400. The zero-order chi connectivity index (χ0) is 10.5. The highest BCUT2D eigenvalue weighted by Crippen LogP contribution is 2.15. The average Bonchev–Trinajstić information content (AvgIpc) is 1.98. The summed E-state index contributed by atoms with van der Waals surface area (Å²) in [5.74, 6) is 0. The summed E-state index contributed by atoms with van der Waals surface area (Å²) >= 11 is 0. The van der Waals surface area contributed by atoms with Crippen molar-refractivity contribution in [3.8, 4) is 0 Å². The van der Waals surface area contributed by atoms with Crippen molar-refractivity contribution >= 4 is 17.4 Å². The van der Waals surface area contributed by atoms with Gasteiger partial charge in [-0.05, 0) is 26.1 Å². The van der Waals surface area contributed by atoms with E-state index in [9.17, 15) is 9.59 Å². The van der Waals surface area contributed by atoms with Gasteiger partial charge in [0.25, 0.3) is 0 Å². The normalized spacial score (nSPS) is 17.1. The third-order valence-corrected chi connectivity index (χ3v) is 6.32. The van der Waals surface area contributed by atoms with E-state index in [1.807, 2.05) is 0 Å². The Morgan fingerprint density at radius 3 is 2.15 bits per heavy atom. The monoisotopic (exact) mass is 225 g/mol. The summed E-state index contributed by atoms with van der Waals surface area (Å²) in [7, 11) is -4.47. The van der Waals surface area contributed by atoms with Crippen LogP contribution in [0.1, 0.15) is 6.42 Å². The Bertz CT molecular complexity index is 152. The first kappa shape index (κ1) is 13.2. The minimum atomic E-state index is -3.15. The molecule has 0 aliphatic carbocycles. The maximum absolute atomic E-state index is 9.80. The molecule has 5 nitrogen and oxygen atoms in total. The molecule has 1 atom stereocenters. The fraction of sp³-hybridized carbons (Fsp3) is 1.00. The van der Waals surface area contributed by atoms with Crippen molar-refractivity contribution in [1.29, 1.82) is 0 Å². The molecular weight excluding hydrogens is 206 g/mol. The van der Waals surface area contributed by atoms with Gasteiger partial charge in [-0.1, -0.05) is 0 Å². The Kier molecular flexibility index (Phi) is 5.29. The fourth-order valence-corrected chi connectivity index (χ4v) is 5.63. The second-order valence-electron chi connectivity index (χ2n) is 3.36. The van der Waals surface area contributed by atoms with Gasteiger partial charge in [-0.2, -0.15) is 0 Å². The van der Waals surface area contributed by atoms with Crippen LogP contribution in [0.5, 0.6) is 0 Å². The predicted octanol–water partition coefficient (Wildman–Crippen LogP) is -0.377. The van der Waals surface area contributed by atoms with Gasteiger partial charge in [0.15, 0.2) is 0 Å². The van der Waals surface area contributed by atoms with Crippen molar-refractivity contribution in [2.45, 2.75) is 25.6 Å². The van der Waals surface area contributed by atoms with Crippen LogP contribution in [0.25, 0.3) is 0 Å². The number of nitrogens with two attached hydrogens (primary N) is 1. The zero-order valence-electron chi connectivity index (χ0n) is 8.41. The minimum Gasteiger partial charge on any atom is -0.411 e. The number of hydrogen-bond donors (Lipinski definition) is 3. The zero-order valence-corrected chi connectivity index (χ0v) is 10.4. The fourth-order valence-electron chi connectivity index (χ4n) is 0.910. The largest absolute Gasteiger partial charge is 0.489 e. The SMILES string of the molecule is CO[Si](O)(CCCN)O[Si](C)(C)O. The lowest BCUT2D eigenvalue weighted by Gasteiger charge is -2.28. The van der Waals surface area contributed by atoms with E-state index in [1.165, 1.54) is 7.11 Å². The third kappa shape index (κ3) is 6.32. The summed E-state index contributed by atoms with van der Waals surface area (Å²) < 4.78 is 10.1. The molecule has 0 bridgehead atoms. The van der Waals surface area contributed by atoms with Crippen molar-refractivity contribution in [1.82, 2.24) is 0 Å². The Labute approximate surface area is 81.1 Å². The van der Waals surface area contributed by atoms with E-state index in [0.29, 0.717) is 19.0 Å². The summed E-state index contributed by atoms with van der Waals surface area (Å²) in [5.41, 5.74) is 5.30. The molecule has 0 rings (SSSR count). The summed E-state index contributed by atoms with van der Waals surface area (Å²) in [4.78, 5) is 19.3. The molecule has 0 heterocycles. The predicted molar refractivity (Wildman–Crippen MR) is 54.2 cm³/mol. The van der Waals surface area contributed by atoms with Gasteiger partial charge in [-0.3, -0.25) is 0 Å². The van der Waals surface area contributed by atoms with Crippen LogP contribution in [0, 0.1) is 0 Å². The maximum atomic E-state index is 9.80. The van der Waals surface area contributed by atoms with Crippen molar-refractivity contribution < 1.29 is 18.1 Å². The Morgan fingerprint density at radius 1 is 1.31 bits per heavy atom. The highest BCUT2D eigenvalue weighted by Gasteiger charge is 2.41. The van der Waals surface area contributed by atoms with Gasteiger partial charge in [0.05, 0.1) is 0 Å².